The van der Waals surface area contributed by atoms with Crippen LogP contribution in [0, 0.1) is 5.82 Å². The number of anilines is 1. The molecule has 216 valence electrons. The van der Waals surface area contributed by atoms with E-state index in [9.17, 15) is 23.7 Å². The fraction of sp³-hybridized carbons (Fsp3) is 0.292. The number of amides is 2. The lowest BCUT2D eigenvalue weighted by Crippen LogP contribution is -2.52. The van der Waals surface area contributed by atoms with Gasteiger partial charge < -0.3 is 24.2 Å². The molecule has 2 aromatic carbocycles. The molecule has 5 N–H and O–H groups in total. The van der Waals surface area contributed by atoms with Crippen molar-refractivity contribution in [2.24, 2.45) is 0 Å². The van der Waals surface area contributed by atoms with E-state index >= 15 is 0 Å². The van der Waals surface area contributed by atoms with Crippen molar-refractivity contribution in [3.8, 4) is 11.3 Å². The van der Waals surface area contributed by atoms with Crippen LogP contribution in [0.15, 0.2) is 59.1 Å². The average Bonchev–Trinajstić information content (AvgIpc) is 3.36. The van der Waals surface area contributed by atoms with Crippen LogP contribution in [0.2, 0.25) is 5.02 Å². The highest BCUT2D eigenvalue weighted by Gasteiger charge is 2.28. The van der Waals surface area contributed by atoms with Crippen LogP contribution < -0.4 is 10.7 Å². The predicted octanol–water partition coefficient (Wildman–Crippen LogP) is 3.46. The van der Waals surface area contributed by atoms with E-state index in [-0.39, 0.29) is 23.9 Å². The Morgan fingerprint density at radius 1 is 1.18 bits per heavy atom. The number of hydrogen-bond acceptors (Lipinski definition) is 9. The number of phosphoric acid groups is 1. The molecule has 0 fully saturated rings. The molecule has 1 heterocycles. The van der Waals surface area contributed by atoms with Crippen molar-refractivity contribution < 1.29 is 47.2 Å². The highest BCUT2D eigenvalue weighted by atomic mass is 35.5. The SMILES string of the molecule is CC(=O)N(NCc1cccc(F)c1Cl)[C@H](COC(=O)Nc1cc(-c2ccccc2)no1)C[C@@H](O)COP(=O)(O)O. The van der Waals surface area contributed by atoms with E-state index in [2.05, 4.69) is 20.4 Å². The number of hydrogen-bond donors (Lipinski definition) is 5. The Kier molecular flexibility index (Phi) is 11.2. The average molecular weight is 601 g/mol. The molecule has 16 heteroatoms. The quantitative estimate of drug-likeness (QED) is 0.143. The lowest BCUT2D eigenvalue weighted by atomic mass is 10.1. The van der Waals surface area contributed by atoms with Gasteiger partial charge in [0.1, 0.15) is 18.1 Å². The Bertz CT molecular complexity index is 1340. The summed E-state index contributed by atoms with van der Waals surface area (Å²) >= 11 is 5.98. The van der Waals surface area contributed by atoms with Crippen molar-refractivity contribution in [1.82, 2.24) is 15.6 Å². The van der Waals surface area contributed by atoms with E-state index in [0.717, 1.165) is 10.6 Å². The zero-order chi connectivity index (χ0) is 29.3. The summed E-state index contributed by atoms with van der Waals surface area (Å²) in [5.41, 5.74) is 4.29. The van der Waals surface area contributed by atoms with Crippen LogP contribution in [0.1, 0.15) is 18.9 Å². The van der Waals surface area contributed by atoms with Gasteiger partial charge >= 0.3 is 13.9 Å². The van der Waals surface area contributed by atoms with Crippen molar-refractivity contribution in [3.63, 3.8) is 0 Å². The van der Waals surface area contributed by atoms with Gasteiger partial charge in [0.25, 0.3) is 0 Å². The molecule has 0 saturated carbocycles. The summed E-state index contributed by atoms with van der Waals surface area (Å²) in [6.07, 6.45) is -2.79. The van der Waals surface area contributed by atoms with Gasteiger partial charge in [0.2, 0.25) is 11.8 Å². The molecule has 0 bridgehead atoms. The largest absolute Gasteiger partial charge is 0.469 e. The van der Waals surface area contributed by atoms with Gasteiger partial charge in [-0.15, -0.1) is 0 Å². The lowest BCUT2D eigenvalue weighted by molar-refractivity contribution is -0.137. The van der Waals surface area contributed by atoms with Crippen molar-refractivity contribution >= 4 is 37.3 Å². The molecule has 0 aliphatic carbocycles. The van der Waals surface area contributed by atoms with Crippen LogP contribution in [0.3, 0.4) is 0 Å². The van der Waals surface area contributed by atoms with Crippen LogP contribution in [-0.2, 0) is 25.2 Å². The number of hydrazine groups is 1. The van der Waals surface area contributed by atoms with Crippen LogP contribution >= 0.6 is 19.4 Å². The number of carbonyl (C=O) groups excluding carboxylic acids is 2. The summed E-state index contributed by atoms with van der Waals surface area (Å²) < 4.78 is 39.5. The van der Waals surface area contributed by atoms with Gasteiger partial charge in [-0.25, -0.2) is 19.2 Å². The zero-order valence-electron chi connectivity index (χ0n) is 21.1. The van der Waals surface area contributed by atoms with Crippen LogP contribution in [-0.4, -0.2) is 62.4 Å². The fourth-order valence-corrected chi connectivity index (χ4v) is 4.11. The number of aliphatic hydroxyl groups is 1. The van der Waals surface area contributed by atoms with E-state index in [1.165, 1.54) is 31.2 Å². The Morgan fingerprint density at radius 3 is 2.58 bits per heavy atom. The molecular weight excluding hydrogens is 574 g/mol. The van der Waals surface area contributed by atoms with Gasteiger partial charge in [0.15, 0.2) is 0 Å². The third kappa shape index (κ3) is 9.68. The Hall–Kier alpha value is -3.36. The predicted molar refractivity (Wildman–Crippen MR) is 140 cm³/mol. The highest BCUT2D eigenvalue weighted by molar-refractivity contribution is 7.46. The number of rotatable bonds is 13. The summed E-state index contributed by atoms with van der Waals surface area (Å²) in [4.78, 5) is 42.8. The second-order valence-corrected chi connectivity index (χ2v) is 10.0. The van der Waals surface area contributed by atoms with Crippen LogP contribution in [0.5, 0.6) is 0 Å². The molecule has 3 rings (SSSR count). The fourth-order valence-electron chi connectivity index (χ4n) is 3.55. The maximum atomic E-state index is 13.8. The van der Waals surface area contributed by atoms with Crippen molar-refractivity contribution in [2.45, 2.75) is 32.0 Å². The van der Waals surface area contributed by atoms with E-state index < -0.39 is 51.0 Å². The molecule has 40 heavy (non-hydrogen) atoms. The number of phosphoric ester groups is 1. The second kappa shape index (κ2) is 14.3. The minimum Gasteiger partial charge on any atom is -0.447 e. The molecule has 0 unspecified atom stereocenters. The lowest BCUT2D eigenvalue weighted by Gasteiger charge is -2.32. The Balaban J connectivity index is 1.69. The number of aromatic nitrogens is 1. The molecule has 2 amide bonds. The van der Waals surface area contributed by atoms with Gasteiger partial charge in [-0.1, -0.05) is 59.2 Å². The van der Waals surface area contributed by atoms with Gasteiger partial charge in [0.05, 0.1) is 23.8 Å². The normalized spacial score (nSPS) is 12.9. The zero-order valence-corrected chi connectivity index (χ0v) is 22.7. The van der Waals surface area contributed by atoms with Crippen LogP contribution in [0.25, 0.3) is 11.3 Å². The third-order valence-corrected chi connectivity index (χ3v) is 6.28. The van der Waals surface area contributed by atoms with Crippen molar-refractivity contribution in [2.75, 3.05) is 18.5 Å². The van der Waals surface area contributed by atoms with E-state index in [1.54, 1.807) is 12.1 Å². The van der Waals surface area contributed by atoms with Gasteiger partial charge in [0, 0.05) is 31.5 Å². The van der Waals surface area contributed by atoms with Crippen molar-refractivity contribution in [3.05, 3.63) is 71.0 Å². The summed E-state index contributed by atoms with van der Waals surface area (Å²) in [5, 5.41) is 17.4. The number of aliphatic hydroxyl groups excluding tert-OH is 1. The summed E-state index contributed by atoms with van der Waals surface area (Å²) in [5.74, 6) is -1.26. The molecule has 0 aliphatic heterocycles. The van der Waals surface area contributed by atoms with Gasteiger partial charge in [-0.2, -0.15) is 0 Å². The van der Waals surface area contributed by atoms with Gasteiger partial charge in [-0.3, -0.25) is 19.6 Å². The number of benzene rings is 2. The van der Waals surface area contributed by atoms with Gasteiger partial charge in [-0.05, 0) is 11.6 Å². The summed E-state index contributed by atoms with van der Waals surface area (Å²) in [7, 11) is -4.88. The molecule has 0 aliphatic rings. The van der Waals surface area contributed by atoms with E-state index in [4.69, 9.17) is 30.6 Å². The summed E-state index contributed by atoms with van der Waals surface area (Å²) in [6, 6.07) is 13.6. The first-order valence-corrected chi connectivity index (χ1v) is 13.6. The summed E-state index contributed by atoms with van der Waals surface area (Å²) in [6.45, 7) is -0.184. The smallest absolute Gasteiger partial charge is 0.447 e. The minimum absolute atomic E-state index is 0.0159. The Morgan fingerprint density at radius 2 is 1.90 bits per heavy atom. The maximum Gasteiger partial charge on any atom is 0.469 e. The first kappa shape index (κ1) is 31.2. The molecule has 13 nitrogen and oxygen atoms in total. The third-order valence-electron chi connectivity index (χ3n) is 5.37. The number of ether oxygens (including phenoxy) is 1. The Labute approximate surface area is 233 Å². The van der Waals surface area contributed by atoms with Crippen molar-refractivity contribution in [1.29, 1.82) is 0 Å². The first-order chi connectivity index (χ1) is 18.9. The number of carbonyl (C=O) groups is 2. The van der Waals surface area contributed by atoms with E-state index in [0.29, 0.717) is 11.3 Å². The molecule has 3 aromatic rings. The molecule has 1 aromatic heterocycles. The second-order valence-electron chi connectivity index (χ2n) is 8.43. The van der Waals surface area contributed by atoms with Crippen LogP contribution in [0.4, 0.5) is 15.1 Å². The monoisotopic (exact) mass is 600 g/mol. The standard InChI is InChI=1S/C24H27ClFN4O9P/c1-15(31)30(27-12-17-8-5-9-20(26)23(17)25)18(10-19(32)14-38-40(34,35)36)13-37-24(33)28-22-11-21(29-39-22)16-6-3-2-4-7-16/h2-9,11,18-19,27,32H,10,12-14H2,1H3,(H,28,33)(H2,34,35,36)/t18-,19+/m0/s1. The maximum absolute atomic E-state index is 13.8. The first-order valence-electron chi connectivity index (χ1n) is 11.7. The molecule has 0 spiro atoms. The topological polar surface area (TPSA) is 184 Å². The minimum atomic E-state index is -4.88. The highest BCUT2D eigenvalue weighted by Crippen LogP contribution is 2.36. The molecular formula is C24H27ClFN4O9P. The van der Waals surface area contributed by atoms with E-state index in [1.807, 2.05) is 18.2 Å². The number of halogens is 2. The molecule has 2 atom stereocenters. The number of nitrogens with one attached hydrogen (secondary N) is 2. The number of nitrogens with zero attached hydrogens (tertiary/aromatic N) is 2. The molecule has 0 radical (unpaired) electrons. The molecule has 0 saturated heterocycles.